The van der Waals surface area contributed by atoms with Gasteiger partial charge in [0.05, 0.1) is 0 Å². The Labute approximate surface area is 72.8 Å². The maximum Gasteiger partial charge on any atom is 0.321 e. The highest BCUT2D eigenvalue weighted by Gasteiger charge is 2.31. The monoisotopic (exact) mass is 197 g/mol. The third-order valence-corrected chi connectivity index (χ3v) is 4.90. The van der Waals surface area contributed by atoms with Gasteiger partial charge in [0, 0.05) is 0 Å². The fraction of sp³-hybridized carbons (Fsp3) is 1.00. The fourth-order valence-electron chi connectivity index (χ4n) is 1.29. The van der Waals surface area contributed by atoms with Gasteiger partial charge >= 0.3 is 6.86 Å². The van der Waals surface area contributed by atoms with Crippen molar-refractivity contribution in [3.63, 3.8) is 0 Å². The van der Waals surface area contributed by atoms with Crippen LogP contribution in [0, 0.1) is 0 Å². The van der Waals surface area contributed by atoms with Gasteiger partial charge in [-0.05, 0) is 32.5 Å². The molecule has 1 aliphatic rings. The summed E-state index contributed by atoms with van der Waals surface area (Å²) in [6, 6.07) is 0. The minimum Gasteiger partial charge on any atom is -0.300 e. The second kappa shape index (κ2) is 3.44. The van der Waals surface area contributed by atoms with Crippen LogP contribution in [-0.4, -0.2) is 24.5 Å². The third-order valence-electron chi connectivity index (χ3n) is 1.91. The molecule has 0 radical (unpaired) electrons. The second-order valence-corrected chi connectivity index (χ2v) is 10.2. The highest BCUT2D eigenvalue weighted by atomic mass is 35.7. The maximum atomic E-state index is 6.04. The van der Waals surface area contributed by atoms with E-state index < -0.39 is 6.86 Å². The molecule has 0 spiro atoms. The Morgan fingerprint density at radius 2 is 1.60 bits per heavy atom. The molecule has 1 aliphatic heterocycles. The minimum absolute atomic E-state index is 1.11. The Bertz CT molecular complexity index is 107. The largest absolute Gasteiger partial charge is 0.321 e. The van der Waals surface area contributed by atoms with Crippen LogP contribution < -0.4 is 0 Å². The van der Waals surface area contributed by atoms with Crippen LogP contribution in [-0.2, 0) is 0 Å². The van der Waals surface area contributed by atoms with Crippen LogP contribution in [0.1, 0.15) is 19.3 Å². The number of halogens is 2. The summed E-state index contributed by atoms with van der Waals surface area (Å²) in [5.41, 5.74) is 0. The molecule has 4 heteroatoms. The van der Waals surface area contributed by atoms with E-state index in [1.807, 2.05) is 6.55 Å². The van der Waals surface area contributed by atoms with Crippen molar-refractivity contribution in [2.75, 3.05) is 13.1 Å². The van der Waals surface area contributed by atoms with Gasteiger partial charge in [0.25, 0.3) is 0 Å². The Balaban J connectivity index is 2.39. The molecule has 0 amide bonds. The fourth-order valence-corrected chi connectivity index (χ4v) is 3.40. The molecule has 0 aromatic heterocycles. The lowest BCUT2D eigenvalue weighted by atomic mass is 10.2. The van der Waals surface area contributed by atoms with E-state index in [2.05, 4.69) is 4.57 Å². The van der Waals surface area contributed by atoms with Crippen molar-refractivity contribution in [3.8, 4) is 0 Å². The number of hydrogen-bond acceptors (Lipinski definition) is 1. The number of nitrogens with zero attached hydrogens (tertiary/aromatic N) is 1. The van der Waals surface area contributed by atoms with Gasteiger partial charge in [-0.25, -0.2) is 0 Å². The van der Waals surface area contributed by atoms with Crippen LogP contribution in [0.4, 0.5) is 0 Å². The minimum atomic E-state index is -1.98. The van der Waals surface area contributed by atoms with Crippen molar-refractivity contribution in [2.45, 2.75) is 25.8 Å². The SMILES string of the molecule is C[Si](Cl)(Cl)N1CCCCC1. The average molecular weight is 198 g/mol. The van der Waals surface area contributed by atoms with Gasteiger partial charge < -0.3 is 4.57 Å². The molecule has 1 fully saturated rings. The Morgan fingerprint density at radius 1 is 1.10 bits per heavy atom. The van der Waals surface area contributed by atoms with Gasteiger partial charge in [0.15, 0.2) is 0 Å². The normalized spacial score (nSPS) is 23.1. The van der Waals surface area contributed by atoms with Crippen molar-refractivity contribution >= 4 is 29.0 Å². The second-order valence-electron chi connectivity index (χ2n) is 2.89. The molecular weight excluding hydrogens is 185 g/mol. The zero-order chi connectivity index (χ0) is 7.61. The third kappa shape index (κ3) is 2.42. The summed E-state index contributed by atoms with van der Waals surface area (Å²) in [7, 11) is 0. The average Bonchev–Trinajstić information content (AvgIpc) is 1.88. The molecule has 0 N–H and O–H groups in total. The first-order valence-electron chi connectivity index (χ1n) is 3.73. The molecule has 0 aromatic rings. The van der Waals surface area contributed by atoms with Gasteiger partial charge in [0.1, 0.15) is 0 Å². The van der Waals surface area contributed by atoms with E-state index in [-0.39, 0.29) is 0 Å². The first-order chi connectivity index (χ1) is 4.61. The Morgan fingerprint density at radius 3 is 1.90 bits per heavy atom. The van der Waals surface area contributed by atoms with Gasteiger partial charge in [-0.1, -0.05) is 6.42 Å². The lowest BCUT2D eigenvalue weighted by molar-refractivity contribution is 0.355. The van der Waals surface area contributed by atoms with Crippen LogP contribution in [0.3, 0.4) is 0 Å². The molecule has 1 nitrogen and oxygen atoms in total. The quantitative estimate of drug-likeness (QED) is 0.462. The van der Waals surface area contributed by atoms with E-state index in [1.54, 1.807) is 0 Å². The van der Waals surface area contributed by atoms with Crippen molar-refractivity contribution in [2.24, 2.45) is 0 Å². The first kappa shape index (κ1) is 8.85. The topological polar surface area (TPSA) is 3.24 Å². The van der Waals surface area contributed by atoms with Crippen LogP contribution >= 0.6 is 22.2 Å². The van der Waals surface area contributed by atoms with Gasteiger partial charge in [0.2, 0.25) is 0 Å². The summed E-state index contributed by atoms with van der Waals surface area (Å²) >= 11 is 12.1. The van der Waals surface area contributed by atoms with E-state index in [4.69, 9.17) is 22.2 Å². The highest BCUT2D eigenvalue weighted by molar-refractivity contribution is 7.43. The molecule has 1 rings (SSSR count). The molecule has 10 heavy (non-hydrogen) atoms. The van der Waals surface area contributed by atoms with E-state index in [9.17, 15) is 0 Å². The lowest BCUT2D eigenvalue weighted by Crippen LogP contribution is -2.45. The molecule has 0 saturated carbocycles. The van der Waals surface area contributed by atoms with Gasteiger partial charge in [-0.2, -0.15) is 0 Å². The van der Waals surface area contributed by atoms with Crippen molar-refractivity contribution in [3.05, 3.63) is 0 Å². The summed E-state index contributed by atoms with van der Waals surface area (Å²) in [5, 5.41) is 0. The van der Waals surface area contributed by atoms with Crippen molar-refractivity contribution in [1.29, 1.82) is 0 Å². The molecule has 0 bridgehead atoms. The molecule has 1 heterocycles. The summed E-state index contributed by atoms with van der Waals surface area (Å²) in [6.07, 6.45) is 3.87. The summed E-state index contributed by atoms with van der Waals surface area (Å²) in [4.78, 5) is 0. The van der Waals surface area contributed by atoms with Crippen LogP contribution in [0.5, 0.6) is 0 Å². The first-order valence-corrected chi connectivity index (χ1v) is 8.20. The van der Waals surface area contributed by atoms with E-state index >= 15 is 0 Å². The number of rotatable bonds is 1. The van der Waals surface area contributed by atoms with Crippen LogP contribution in [0.25, 0.3) is 0 Å². The molecule has 0 aliphatic carbocycles. The van der Waals surface area contributed by atoms with E-state index in [0.717, 1.165) is 13.1 Å². The Kier molecular flexibility index (Phi) is 3.04. The molecule has 60 valence electrons. The Hall–Kier alpha value is 0.757. The molecule has 0 aromatic carbocycles. The van der Waals surface area contributed by atoms with E-state index in [0.29, 0.717) is 0 Å². The molecule has 0 unspecified atom stereocenters. The molecule has 0 atom stereocenters. The van der Waals surface area contributed by atoms with E-state index in [1.165, 1.54) is 19.3 Å². The van der Waals surface area contributed by atoms with Crippen LogP contribution in [0.2, 0.25) is 6.55 Å². The van der Waals surface area contributed by atoms with Crippen LogP contribution in [0.15, 0.2) is 0 Å². The lowest BCUT2D eigenvalue weighted by Gasteiger charge is -2.32. The standard InChI is InChI=1S/C6H13Cl2NSi/c1-10(7,8)9-5-3-2-4-6-9/h2-6H2,1H3. The summed E-state index contributed by atoms with van der Waals surface area (Å²) < 4.78 is 2.25. The predicted octanol–water partition coefficient (Wildman–Crippen LogP) is 2.52. The maximum absolute atomic E-state index is 6.04. The highest BCUT2D eigenvalue weighted by Crippen LogP contribution is 2.23. The number of piperidine rings is 1. The zero-order valence-corrected chi connectivity index (χ0v) is 8.75. The van der Waals surface area contributed by atoms with Gasteiger partial charge in [-0.3, -0.25) is 0 Å². The smallest absolute Gasteiger partial charge is 0.300 e. The number of hydrogen-bond donors (Lipinski definition) is 0. The summed E-state index contributed by atoms with van der Waals surface area (Å²) in [5.74, 6) is 0. The summed E-state index contributed by atoms with van der Waals surface area (Å²) in [6.45, 7) is 2.21. The molecular formula is C6H13Cl2NSi. The molecule has 1 saturated heterocycles. The van der Waals surface area contributed by atoms with Gasteiger partial charge in [-0.15, -0.1) is 22.2 Å². The zero-order valence-electron chi connectivity index (χ0n) is 6.24. The van der Waals surface area contributed by atoms with Crippen molar-refractivity contribution in [1.82, 2.24) is 4.57 Å². The predicted molar refractivity (Wildman–Crippen MR) is 48.7 cm³/mol. The van der Waals surface area contributed by atoms with Crippen molar-refractivity contribution < 1.29 is 0 Å².